The number of alkyl halides is 3. The molecule has 0 atom stereocenters. The van der Waals surface area contributed by atoms with Crippen LogP contribution in [0.2, 0.25) is 0 Å². The molecular formula is C9H8BrF3O2. The molecule has 0 spiro atoms. The van der Waals surface area contributed by atoms with Crippen molar-refractivity contribution in [3.8, 4) is 5.75 Å². The van der Waals surface area contributed by atoms with Gasteiger partial charge < -0.3 is 9.47 Å². The Labute approximate surface area is 93.1 Å². The molecule has 0 saturated heterocycles. The highest BCUT2D eigenvalue weighted by Gasteiger charge is 2.34. The molecule has 0 unspecified atom stereocenters. The molecule has 6 heteroatoms. The second-order valence-electron chi connectivity index (χ2n) is 2.69. The zero-order valence-corrected chi connectivity index (χ0v) is 9.35. The monoisotopic (exact) mass is 284 g/mol. The van der Waals surface area contributed by atoms with Gasteiger partial charge in [0.15, 0.2) is 6.79 Å². The second kappa shape index (κ2) is 4.85. The van der Waals surface area contributed by atoms with Crippen LogP contribution in [0.1, 0.15) is 5.56 Å². The third kappa shape index (κ3) is 3.39. The van der Waals surface area contributed by atoms with Crippen molar-refractivity contribution in [3.05, 3.63) is 28.2 Å². The molecule has 0 heterocycles. The average Bonchev–Trinajstić information content (AvgIpc) is 2.14. The first-order chi connectivity index (χ1) is 6.95. The van der Waals surface area contributed by atoms with Gasteiger partial charge in [0.05, 0.1) is 5.56 Å². The molecule has 15 heavy (non-hydrogen) atoms. The molecule has 84 valence electrons. The lowest BCUT2D eigenvalue weighted by atomic mass is 10.2. The molecule has 1 rings (SSSR count). The zero-order chi connectivity index (χ0) is 11.5. The van der Waals surface area contributed by atoms with Gasteiger partial charge in [0.25, 0.3) is 0 Å². The van der Waals surface area contributed by atoms with E-state index >= 15 is 0 Å². The largest absolute Gasteiger partial charge is 0.467 e. The van der Waals surface area contributed by atoms with Gasteiger partial charge in [0.1, 0.15) is 5.75 Å². The predicted molar refractivity (Wildman–Crippen MR) is 51.6 cm³/mol. The van der Waals surface area contributed by atoms with Crippen molar-refractivity contribution in [2.24, 2.45) is 0 Å². The number of rotatable bonds is 3. The van der Waals surface area contributed by atoms with E-state index < -0.39 is 11.7 Å². The second-order valence-corrected chi connectivity index (χ2v) is 3.60. The highest BCUT2D eigenvalue weighted by molar-refractivity contribution is 9.10. The number of halogens is 4. The number of methoxy groups -OCH3 is 1. The molecule has 0 aromatic heterocycles. The maximum absolute atomic E-state index is 12.5. The standard InChI is InChI=1S/C9H8BrF3O2/c1-14-5-15-8-3-2-6(10)4-7(8)9(11,12)13/h2-4H,5H2,1H3. The number of benzene rings is 1. The maximum Gasteiger partial charge on any atom is 0.420 e. The third-order valence-corrected chi connectivity index (χ3v) is 2.07. The van der Waals surface area contributed by atoms with E-state index in [1.165, 1.54) is 19.2 Å². The van der Waals surface area contributed by atoms with Crippen LogP contribution < -0.4 is 4.74 Å². The molecule has 2 nitrogen and oxygen atoms in total. The van der Waals surface area contributed by atoms with E-state index in [0.717, 1.165) is 6.07 Å². The minimum atomic E-state index is -4.44. The fourth-order valence-corrected chi connectivity index (χ4v) is 1.33. The molecule has 0 saturated carbocycles. The lowest BCUT2D eigenvalue weighted by Gasteiger charge is -2.13. The smallest absolute Gasteiger partial charge is 0.420 e. The minimum absolute atomic E-state index is 0.218. The molecule has 0 bridgehead atoms. The van der Waals surface area contributed by atoms with E-state index in [4.69, 9.17) is 4.74 Å². The van der Waals surface area contributed by atoms with Gasteiger partial charge in [-0.1, -0.05) is 15.9 Å². The van der Waals surface area contributed by atoms with Crippen LogP contribution >= 0.6 is 15.9 Å². The molecular weight excluding hydrogens is 277 g/mol. The van der Waals surface area contributed by atoms with Crippen molar-refractivity contribution in [1.82, 2.24) is 0 Å². The Morgan fingerprint density at radius 2 is 2.00 bits per heavy atom. The Bertz CT molecular complexity index is 339. The Morgan fingerprint density at radius 1 is 1.33 bits per heavy atom. The fraction of sp³-hybridized carbons (Fsp3) is 0.333. The summed E-state index contributed by atoms with van der Waals surface area (Å²) in [6.45, 7) is -0.218. The molecule has 0 amide bonds. The third-order valence-electron chi connectivity index (χ3n) is 1.58. The highest BCUT2D eigenvalue weighted by Crippen LogP contribution is 2.37. The van der Waals surface area contributed by atoms with Crippen LogP contribution in [0.4, 0.5) is 13.2 Å². The van der Waals surface area contributed by atoms with Crippen LogP contribution in [-0.4, -0.2) is 13.9 Å². The summed E-state index contributed by atoms with van der Waals surface area (Å²) < 4.78 is 47.2. The van der Waals surface area contributed by atoms with Crippen molar-refractivity contribution in [1.29, 1.82) is 0 Å². The Kier molecular flexibility index (Phi) is 3.98. The van der Waals surface area contributed by atoms with Gasteiger partial charge in [0, 0.05) is 11.6 Å². The summed E-state index contributed by atoms with van der Waals surface area (Å²) in [6.07, 6.45) is -4.44. The molecule has 1 aromatic rings. The van der Waals surface area contributed by atoms with Crippen LogP contribution in [0.5, 0.6) is 5.75 Å². The molecule has 0 N–H and O–H groups in total. The summed E-state index contributed by atoms with van der Waals surface area (Å²) in [5.41, 5.74) is -0.825. The SMILES string of the molecule is COCOc1ccc(Br)cc1C(F)(F)F. The highest BCUT2D eigenvalue weighted by atomic mass is 79.9. The van der Waals surface area contributed by atoms with E-state index in [1.807, 2.05) is 0 Å². The topological polar surface area (TPSA) is 18.5 Å². The quantitative estimate of drug-likeness (QED) is 0.792. The van der Waals surface area contributed by atoms with Crippen LogP contribution in [0.15, 0.2) is 22.7 Å². The predicted octanol–water partition coefficient (Wildman–Crippen LogP) is 3.45. The Hall–Kier alpha value is -0.750. The van der Waals surface area contributed by atoms with Gasteiger partial charge in [-0.05, 0) is 18.2 Å². The van der Waals surface area contributed by atoms with Crippen LogP contribution in [-0.2, 0) is 10.9 Å². The van der Waals surface area contributed by atoms with Crippen LogP contribution in [0.25, 0.3) is 0 Å². The molecule has 0 aliphatic carbocycles. The first kappa shape index (κ1) is 12.3. The summed E-state index contributed by atoms with van der Waals surface area (Å²) in [5, 5.41) is 0. The summed E-state index contributed by atoms with van der Waals surface area (Å²) >= 11 is 2.97. The van der Waals surface area contributed by atoms with E-state index in [2.05, 4.69) is 20.7 Å². The van der Waals surface area contributed by atoms with E-state index in [9.17, 15) is 13.2 Å². The summed E-state index contributed by atoms with van der Waals surface area (Å²) in [6, 6.07) is 3.68. The van der Waals surface area contributed by atoms with E-state index in [-0.39, 0.29) is 12.5 Å². The van der Waals surface area contributed by atoms with Gasteiger partial charge in [-0.15, -0.1) is 0 Å². The summed E-state index contributed by atoms with van der Waals surface area (Å²) in [7, 11) is 1.34. The van der Waals surface area contributed by atoms with Crippen molar-refractivity contribution in [2.75, 3.05) is 13.9 Å². The number of ether oxygens (including phenoxy) is 2. The van der Waals surface area contributed by atoms with Crippen LogP contribution in [0.3, 0.4) is 0 Å². The number of hydrogen-bond donors (Lipinski definition) is 0. The molecule has 1 aromatic carbocycles. The molecule has 0 aliphatic heterocycles. The van der Waals surface area contributed by atoms with E-state index in [1.54, 1.807) is 0 Å². The Balaban J connectivity index is 3.04. The summed E-state index contributed by atoms with van der Waals surface area (Å²) in [5.74, 6) is -0.243. The average molecular weight is 285 g/mol. The number of hydrogen-bond acceptors (Lipinski definition) is 2. The van der Waals surface area contributed by atoms with Crippen molar-refractivity contribution in [2.45, 2.75) is 6.18 Å². The Morgan fingerprint density at radius 3 is 2.53 bits per heavy atom. The van der Waals surface area contributed by atoms with Gasteiger partial charge in [-0.2, -0.15) is 13.2 Å². The lowest BCUT2D eigenvalue weighted by molar-refractivity contribution is -0.139. The van der Waals surface area contributed by atoms with Gasteiger partial charge in [0.2, 0.25) is 0 Å². The first-order valence-electron chi connectivity index (χ1n) is 3.93. The normalized spacial score (nSPS) is 11.5. The van der Waals surface area contributed by atoms with Gasteiger partial charge in [-0.25, -0.2) is 0 Å². The van der Waals surface area contributed by atoms with Gasteiger partial charge >= 0.3 is 6.18 Å². The molecule has 0 aliphatic rings. The lowest BCUT2D eigenvalue weighted by Crippen LogP contribution is -2.10. The van der Waals surface area contributed by atoms with Crippen molar-refractivity contribution < 1.29 is 22.6 Å². The van der Waals surface area contributed by atoms with E-state index in [0.29, 0.717) is 4.47 Å². The van der Waals surface area contributed by atoms with Crippen molar-refractivity contribution in [3.63, 3.8) is 0 Å². The molecule has 0 fully saturated rings. The maximum atomic E-state index is 12.5. The molecule has 0 radical (unpaired) electrons. The first-order valence-corrected chi connectivity index (χ1v) is 4.73. The van der Waals surface area contributed by atoms with Crippen molar-refractivity contribution >= 4 is 15.9 Å². The van der Waals surface area contributed by atoms with Gasteiger partial charge in [-0.3, -0.25) is 0 Å². The minimum Gasteiger partial charge on any atom is -0.467 e. The van der Waals surface area contributed by atoms with Crippen LogP contribution in [0, 0.1) is 0 Å². The fourth-order valence-electron chi connectivity index (χ4n) is 0.972. The summed E-state index contributed by atoms with van der Waals surface area (Å²) in [4.78, 5) is 0. The zero-order valence-electron chi connectivity index (χ0n) is 7.77.